The number of hydrogen-bond acceptors (Lipinski definition) is 5. The molecule has 1 saturated heterocycles. The number of fused-ring (bicyclic) bond motifs is 7. The van der Waals surface area contributed by atoms with Gasteiger partial charge in [0.05, 0.1) is 11.7 Å². The molecule has 3 aromatic carbocycles. The normalized spacial score (nSPS) is 27.7. The van der Waals surface area contributed by atoms with Crippen molar-refractivity contribution in [3.63, 3.8) is 0 Å². The van der Waals surface area contributed by atoms with E-state index in [0.717, 1.165) is 87.8 Å². The number of likely N-dealkylation sites (tertiary alicyclic amines) is 1. The van der Waals surface area contributed by atoms with Crippen molar-refractivity contribution < 1.29 is 4.42 Å². The van der Waals surface area contributed by atoms with Gasteiger partial charge in [0.15, 0.2) is 0 Å². The van der Waals surface area contributed by atoms with Crippen LogP contribution < -0.4 is 10.6 Å². The van der Waals surface area contributed by atoms with Gasteiger partial charge in [-0.15, -0.1) is 0 Å². The lowest BCUT2D eigenvalue weighted by molar-refractivity contribution is 0.204. The summed E-state index contributed by atoms with van der Waals surface area (Å²) >= 11 is 0. The van der Waals surface area contributed by atoms with Crippen molar-refractivity contribution in [2.24, 2.45) is 16.8 Å². The number of benzene rings is 3. The van der Waals surface area contributed by atoms with E-state index in [1.54, 1.807) is 0 Å². The van der Waals surface area contributed by atoms with Crippen LogP contribution in [-0.2, 0) is 5.54 Å². The Balaban J connectivity index is 1.02. The zero-order chi connectivity index (χ0) is 45.9. The van der Waals surface area contributed by atoms with Crippen LogP contribution in [0.3, 0.4) is 0 Å². The molecule has 1 fully saturated rings. The van der Waals surface area contributed by atoms with Crippen molar-refractivity contribution in [3.8, 4) is 22.3 Å². The second-order valence-electron chi connectivity index (χ2n) is 20.5. The fraction of sp³-hybridized carbons (Fsp3) is 0.297. The Kier molecular flexibility index (Phi) is 10.9. The summed E-state index contributed by atoms with van der Waals surface area (Å²) < 4.78 is 7.03. The summed E-state index contributed by atoms with van der Waals surface area (Å²) in [4.78, 5) is 8.39. The zero-order valence-electron chi connectivity index (χ0n) is 39.8. The molecule has 4 aromatic rings. The molecule has 9 aliphatic rings. The molecule has 0 amide bonds. The zero-order valence-corrected chi connectivity index (χ0v) is 39.8. The SMILES string of the molecule is CC12c3c(oc4cccc(-c5ccc(-c6ccc(C7=CC=CCC7)c([C@@H]7C=CC=CC7)c6)cc5C5N=C(C6=CC=CCC6)NC(C6C=CCCC6)N5)c34)C=CC1C1=CCCC=C1N2C1=CCCC=C1. The predicted octanol–water partition coefficient (Wildman–Crippen LogP) is 15.7. The average Bonchev–Trinajstić information content (AvgIpc) is 3.95. The molecule has 69 heavy (non-hydrogen) atoms. The van der Waals surface area contributed by atoms with Crippen LogP contribution in [-0.4, -0.2) is 16.9 Å². The maximum Gasteiger partial charge on any atom is 0.135 e. The van der Waals surface area contributed by atoms with Crippen LogP contribution in [0.2, 0.25) is 0 Å². The summed E-state index contributed by atoms with van der Waals surface area (Å²) in [6.07, 6.45) is 57.0. The van der Waals surface area contributed by atoms with Crippen LogP contribution >= 0.6 is 0 Å². The third kappa shape index (κ3) is 7.35. The van der Waals surface area contributed by atoms with Gasteiger partial charge in [-0.05, 0) is 170 Å². The van der Waals surface area contributed by atoms with E-state index >= 15 is 0 Å². The van der Waals surface area contributed by atoms with Gasteiger partial charge in [0.2, 0.25) is 0 Å². The fourth-order valence-corrected chi connectivity index (χ4v) is 13.0. The van der Waals surface area contributed by atoms with Crippen LogP contribution in [0, 0.1) is 11.8 Å². The quantitative estimate of drug-likeness (QED) is 0.173. The van der Waals surface area contributed by atoms with Gasteiger partial charge in [0, 0.05) is 40.1 Å². The van der Waals surface area contributed by atoms with E-state index in [9.17, 15) is 0 Å². The number of nitrogens with one attached hydrogen (secondary N) is 2. The number of rotatable bonds is 8. The molecule has 13 rings (SSSR count). The first-order valence-electron chi connectivity index (χ1n) is 26.0. The number of hydrogen-bond donors (Lipinski definition) is 2. The lowest BCUT2D eigenvalue weighted by atomic mass is 9.72. The first-order chi connectivity index (χ1) is 34.1. The Bertz CT molecular complexity index is 3180. The number of amidine groups is 1. The summed E-state index contributed by atoms with van der Waals surface area (Å²) in [5, 5.41) is 9.30. The minimum Gasteiger partial charge on any atom is -0.456 e. The Morgan fingerprint density at radius 1 is 0.696 bits per heavy atom. The van der Waals surface area contributed by atoms with Crippen LogP contribution in [0.25, 0.3) is 44.9 Å². The van der Waals surface area contributed by atoms with Crippen molar-refractivity contribution >= 4 is 28.5 Å². The lowest BCUT2D eigenvalue weighted by Crippen LogP contribution is -2.55. The van der Waals surface area contributed by atoms with Gasteiger partial charge in [-0.25, -0.2) is 4.99 Å². The van der Waals surface area contributed by atoms with Crippen LogP contribution in [0.1, 0.15) is 124 Å². The van der Waals surface area contributed by atoms with Gasteiger partial charge >= 0.3 is 0 Å². The smallest absolute Gasteiger partial charge is 0.135 e. The van der Waals surface area contributed by atoms with Crippen molar-refractivity contribution in [2.75, 3.05) is 0 Å². The van der Waals surface area contributed by atoms with Gasteiger partial charge in [-0.3, -0.25) is 5.32 Å². The first-order valence-corrected chi connectivity index (χ1v) is 26.0. The fourth-order valence-electron chi connectivity index (χ4n) is 13.0. The highest BCUT2D eigenvalue weighted by Crippen LogP contribution is 2.60. The topological polar surface area (TPSA) is 52.8 Å². The minimum absolute atomic E-state index is 0.0354. The second-order valence-corrected chi connectivity index (χ2v) is 20.5. The minimum atomic E-state index is -0.400. The van der Waals surface area contributed by atoms with E-state index in [-0.39, 0.29) is 18.2 Å². The average molecular weight is 903 g/mol. The molecule has 5 unspecified atom stereocenters. The molecule has 0 radical (unpaired) electrons. The van der Waals surface area contributed by atoms with E-state index < -0.39 is 5.54 Å². The highest BCUT2D eigenvalue weighted by Gasteiger charge is 2.55. The molecule has 0 spiro atoms. The van der Waals surface area contributed by atoms with Crippen molar-refractivity contribution in [2.45, 2.75) is 108 Å². The van der Waals surface area contributed by atoms with Crippen LogP contribution in [0.5, 0.6) is 0 Å². The molecular weight excluding hydrogens is 841 g/mol. The van der Waals surface area contributed by atoms with Gasteiger partial charge in [-0.1, -0.05) is 140 Å². The van der Waals surface area contributed by atoms with E-state index in [0.29, 0.717) is 11.8 Å². The molecular formula is C64H62N4O. The third-order valence-corrected chi connectivity index (χ3v) is 16.4. The van der Waals surface area contributed by atoms with E-state index in [4.69, 9.17) is 9.41 Å². The second kappa shape index (κ2) is 17.7. The molecule has 0 saturated carbocycles. The summed E-state index contributed by atoms with van der Waals surface area (Å²) in [5.41, 5.74) is 17.4. The van der Waals surface area contributed by atoms with Gasteiger partial charge < -0.3 is 14.6 Å². The molecule has 7 aliphatic carbocycles. The number of nitrogens with zero attached hydrogens (tertiary/aromatic N) is 2. The van der Waals surface area contributed by atoms with Gasteiger partial charge in [-0.2, -0.15) is 0 Å². The Hall–Kier alpha value is -6.69. The van der Waals surface area contributed by atoms with E-state index in [2.05, 4.69) is 192 Å². The molecule has 3 heterocycles. The molecule has 5 nitrogen and oxygen atoms in total. The molecule has 0 bridgehead atoms. The Morgan fingerprint density at radius 2 is 1.52 bits per heavy atom. The van der Waals surface area contributed by atoms with E-state index in [1.807, 2.05) is 0 Å². The molecule has 5 heteroatoms. The van der Waals surface area contributed by atoms with Crippen molar-refractivity contribution in [1.29, 1.82) is 0 Å². The lowest BCUT2D eigenvalue weighted by Gasteiger charge is -2.42. The molecule has 1 aromatic heterocycles. The van der Waals surface area contributed by atoms with Crippen LogP contribution in [0.4, 0.5) is 0 Å². The maximum atomic E-state index is 7.03. The van der Waals surface area contributed by atoms with Crippen molar-refractivity contribution in [3.05, 3.63) is 215 Å². The highest BCUT2D eigenvalue weighted by atomic mass is 16.3. The molecule has 2 N–H and O–H groups in total. The van der Waals surface area contributed by atoms with Crippen LogP contribution in [0.15, 0.2) is 196 Å². The van der Waals surface area contributed by atoms with Gasteiger partial charge in [0.1, 0.15) is 23.3 Å². The largest absolute Gasteiger partial charge is 0.456 e. The van der Waals surface area contributed by atoms with Crippen molar-refractivity contribution in [1.82, 2.24) is 15.5 Å². The third-order valence-electron chi connectivity index (χ3n) is 16.4. The van der Waals surface area contributed by atoms with E-state index in [1.165, 1.54) is 84.4 Å². The summed E-state index contributed by atoms with van der Waals surface area (Å²) in [6.45, 7) is 2.48. The number of allylic oxidation sites excluding steroid dienone is 18. The maximum absolute atomic E-state index is 7.03. The number of aliphatic imine (C=N–C) groups is 1. The summed E-state index contributed by atoms with van der Waals surface area (Å²) in [7, 11) is 0. The molecule has 344 valence electrons. The Labute approximate surface area is 408 Å². The molecule has 2 aliphatic heterocycles. The van der Waals surface area contributed by atoms with Gasteiger partial charge in [0.25, 0.3) is 0 Å². The number of furan rings is 1. The summed E-state index contributed by atoms with van der Waals surface area (Å²) in [5.74, 6) is 2.85. The monoisotopic (exact) mass is 902 g/mol. The predicted molar refractivity (Wildman–Crippen MR) is 286 cm³/mol. The standard InChI is InChI=1S/C64H62N4O/c1-64-55(52-30-17-18-32-56(52)68(64)48-28-15-6-16-29-48)38-39-58-60(64)59-51(31-19-33-57(59)69-58)50-37-35-47(46-34-36-49(42-20-7-2-8-21-42)53(40-46)43-22-9-3-10-23-43)41-54(50)63-66-61(44-24-11-4-12-25-44)65-62(67-63)45-26-13-5-14-27-45/h2-4,7,9-11,13,15,19-20,22,24,26,28-41,43,45,55,62-63,67H,5-6,8,12,14,16-18,21,23,25,27H2,1H3,(H,65,66)/t43-,45?,55?,62?,63?,64?/m1/s1. The summed E-state index contributed by atoms with van der Waals surface area (Å²) in [6, 6.07) is 21.2. The Morgan fingerprint density at radius 3 is 2.30 bits per heavy atom. The first kappa shape index (κ1) is 42.4. The molecule has 6 atom stereocenters. The highest BCUT2D eigenvalue weighted by molar-refractivity contribution is 6.02.